The van der Waals surface area contributed by atoms with Gasteiger partial charge >= 0.3 is 0 Å². The molecule has 0 unspecified atom stereocenters. The Morgan fingerprint density at radius 2 is 2.04 bits per heavy atom. The Balaban J connectivity index is 1.69. The van der Waals surface area contributed by atoms with Crippen LogP contribution in [0.1, 0.15) is 30.9 Å². The number of nitrogens with one attached hydrogen (secondary N) is 1. The van der Waals surface area contributed by atoms with Gasteiger partial charge in [0.1, 0.15) is 5.75 Å². The first-order valence-electron chi connectivity index (χ1n) is 8.12. The van der Waals surface area contributed by atoms with E-state index < -0.39 is 0 Å². The van der Waals surface area contributed by atoms with Gasteiger partial charge in [0.2, 0.25) is 0 Å². The smallest absolute Gasteiger partial charge is 0.264 e. The molecule has 0 aliphatic heterocycles. The molecule has 0 saturated carbocycles. The Morgan fingerprint density at radius 1 is 1.27 bits per heavy atom. The fourth-order valence-electron chi connectivity index (χ4n) is 2.50. The predicted molar refractivity (Wildman–Crippen MR) is 109 cm³/mol. The van der Waals surface area contributed by atoms with Gasteiger partial charge in [-0.25, -0.2) is 4.98 Å². The van der Waals surface area contributed by atoms with Crippen LogP contribution in [0.15, 0.2) is 30.3 Å². The lowest BCUT2D eigenvalue weighted by Gasteiger charge is -2.15. The zero-order chi connectivity index (χ0) is 18.8. The molecule has 1 aromatic heterocycles. The summed E-state index contributed by atoms with van der Waals surface area (Å²) in [4.78, 5) is 16.6. The van der Waals surface area contributed by atoms with Gasteiger partial charge in [-0.2, -0.15) is 0 Å². The Labute approximate surface area is 166 Å². The highest BCUT2D eigenvalue weighted by Gasteiger charge is 2.14. The molecule has 0 saturated heterocycles. The van der Waals surface area contributed by atoms with Crippen molar-refractivity contribution in [1.82, 2.24) is 4.98 Å². The second-order valence-corrected chi connectivity index (χ2v) is 8.14. The van der Waals surface area contributed by atoms with Crippen LogP contribution in [-0.4, -0.2) is 17.5 Å². The quantitative estimate of drug-likeness (QED) is 0.558. The Bertz CT molecular complexity index is 970. The van der Waals surface area contributed by atoms with Crippen LogP contribution < -0.4 is 10.1 Å². The van der Waals surface area contributed by atoms with E-state index in [4.69, 9.17) is 27.9 Å². The van der Waals surface area contributed by atoms with E-state index >= 15 is 0 Å². The van der Waals surface area contributed by atoms with E-state index in [0.717, 1.165) is 21.3 Å². The maximum absolute atomic E-state index is 12.2. The highest BCUT2D eigenvalue weighted by atomic mass is 35.5. The minimum atomic E-state index is -0.266. The van der Waals surface area contributed by atoms with E-state index in [-0.39, 0.29) is 18.4 Å². The highest BCUT2D eigenvalue weighted by Crippen LogP contribution is 2.32. The van der Waals surface area contributed by atoms with Crippen LogP contribution in [0.3, 0.4) is 0 Å². The van der Waals surface area contributed by atoms with Crippen molar-refractivity contribution in [2.45, 2.75) is 26.7 Å². The summed E-state index contributed by atoms with van der Waals surface area (Å²) in [5, 5.41) is 4.62. The van der Waals surface area contributed by atoms with E-state index in [0.29, 0.717) is 20.9 Å². The Kier molecular flexibility index (Phi) is 5.70. The van der Waals surface area contributed by atoms with Crippen molar-refractivity contribution >= 4 is 55.8 Å². The first kappa shape index (κ1) is 19.0. The third-order valence-electron chi connectivity index (χ3n) is 3.87. The number of hydrogen-bond donors (Lipinski definition) is 1. The molecular weight excluding hydrogens is 391 g/mol. The van der Waals surface area contributed by atoms with Crippen molar-refractivity contribution < 1.29 is 9.53 Å². The van der Waals surface area contributed by atoms with Crippen LogP contribution in [0.25, 0.3) is 10.2 Å². The highest BCUT2D eigenvalue weighted by molar-refractivity contribution is 7.22. The molecule has 136 valence electrons. The lowest BCUT2D eigenvalue weighted by Crippen LogP contribution is -2.20. The monoisotopic (exact) mass is 408 g/mol. The molecule has 0 bridgehead atoms. The van der Waals surface area contributed by atoms with Crippen molar-refractivity contribution in [2.75, 3.05) is 11.9 Å². The Morgan fingerprint density at radius 3 is 2.77 bits per heavy atom. The van der Waals surface area contributed by atoms with Gasteiger partial charge in [-0.05, 0) is 54.3 Å². The molecule has 2 aromatic carbocycles. The van der Waals surface area contributed by atoms with Crippen LogP contribution in [0.5, 0.6) is 5.75 Å². The normalized spacial score (nSPS) is 11.2. The van der Waals surface area contributed by atoms with E-state index in [1.165, 1.54) is 11.3 Å². The lowest BCUT2D eigenvalue weighted by atomic mass is 10.0. The maximum atomic E-state index is 12.2. The number of nitrogens with zero attached hydrogens (tertiary/aromatic N) is 1. The summed E-state index contributed by atoms with van der Waals surface area (Å²) >= 11 is 13.5. The number of benzene rings is 2. The number of rotatable bonds is 5. The van der Waals surface area contributed by atoms with E-state index in [9.17, 15) is 4.79 Å². The molecule has 3 rings (SSSR count). The Hall–Kier alpha value is -1.82. The number of ether oxygens (including phenoxy) is 1. The van der Waals surface area contributed by atoms with Crippen LogP contribution in [0.2, 0.25) is 10.0 Å². The molecule has 0 radical (unpaired) electrons. The fourth-order valence-corrected chi connectivity index (χ4v) is 3.83. The minimum absolute atomic E-state index is 0.0997. The molecule has 1 heterocycles. The molecule has 4 nitrogen and oxygen atoms in total. The number of aromatic nitrogens is 1. The average Bonchev–Trinajstić information content (AvgIpc) is 2.96. The van der Waals surface area contributed by atoms with Gasteiger partial charge in [0.05, 0.1) is 10.2 Å². The second kappa shape index (κ2) is 7.82. The van der Waals surface area contributed by atoms with Gasteiger partial charge < -0.3 is 4.74 Å². The summed E-state index contributed by atoms with van der Waals surface area (Å²) in [7, 11) is 0. The molecule has 0 aliphatic rings. The van der Waals surface area contributed by atoms with Gasteiger partial charge in [-0.15, -0.1) is 0 Å². The lowest BCUT2D eigenvalue weighted by molar-refractivity contribution is -0.118. The van der Waals surface area contributed by atoms with E-state index in [1.807, 2.05) is 31.2 Å². The number of carbonyl (C=O) groups is 1. The zero-order valence-electron chi connectivity index (χ0n) is 14.6. The number of aryl methyl sites for hydroxylation is 1. The summed E-state index contributed by atoms with van der Waals surface area (Å²) in [6.45, 7) is 5.92. The number of carbonyl (C=O) groups excluding carboxylic acids is 1. The van der Waals surface area contributed by atoms with Crippen molar-refractivity contribution in [2.24, 2.45) is 0 Å². The molecule has 0 atom stereocenters. The SMILES string of the molecule is Cc1cc(OCC(=O)Nc2nc3ccc(Cl)cc3s2)c(C(C)C)cc1Cl. The molecule has 26 heavy (non-hydrogen) atoms. The summed E-state index contributed by atoms with van der Waals surface area (Å²) in [6.07, 6.45) is 0. The molecular formula is C19H18Cl2N2O2S. The van der Waals surface area contributed by atoms with Crippen LogP contribution in [-0.2, 0) is 4.79 Å². The summed E-state index contributed by atoms with van der Waals surface area (Å²) in [5.74, 6) is 0.644. The summed E-state index contributed by atoms with van der Waals surface area (Å²) < 4.78 is 6.67. The number of hydrogen-bond acceptors (Lipinski definition) is 4. The van der Waals surface area contributed by atoms with E-state index in [1.54, 1.807) is 6.07 Å². The summed E-state index contributed by atoms with van der Waals surface area (Å²) in [6, 6.07) is 9.18. The van der Waals surface area contributed by atoms with Crippen molar-refractivity contribution in [3.05, 3.63) is 51.5 Å². The molecule has 7 heteroatoms. The van der Waals surface area contributed by atoms with Gasteiger partial charge in [0.25, 0.3) is 5.91 Å². The summed E-state index contributed by atoms with van der Waals surface area (Å²) in [5.41, 5.74) is 2.68. The standard InChI is InChI=1S/C19H18Cl2N2O2S/c1-10(2)13-8-14(21)11(3)6-16(13)25-9-18(24)23-19-22-15-5-4-12(20)7-17(15)26-19/h4-8,10H,9H2,1-3H3,(H,22,23,24). The first-order chi connectivity index (χ1) is 12.3. The zero-order valence-corrected chi connectivity index (χ0v) is 16.9. The van der Waals surface area contributed by atoms with Gasteiger partial charge in [-0.3, -0.25) is 10.1 Å². The predicted octanol–water partition coefficient (Wildman–Crippen LogP) is 6.05. The van der Waals surface area contributed by atoms with Gasteiger partial charge in [0, 0.05) is 10.0 Å². The molecule has 0 aliphatic carbocycles. The van der Waals surface area contributed by atoms with Gasteiger partial charge in [0.15, 0.2) is 11.7 Å². The minimum Gasteiger partial charge on any atom is -0.483 e. The largest absolute Gasteiger partial charge is 0.483 e. The number of fused-ring (bicyclic) bond motifs is 1. The second-order valence-electron chi connectivity index (χ2n) is 6.26. The number of halogens is 2. The number of thiazole rings is 1. The molecule has 1 amide bonds. The third-order valence-corrected chi connectivity index (χ3v) is 5.44. The number of amides is 1. The topological polar surface area (TPSA) is 51.2 Å². The van der Waals surface area contributed by atoms with E-state index in [2.05, 4.69) is 24.1 Å². The van der Waals surface area contributed by atoms with Crippen molar-refractivity contribution in [3.63, 3.8) is 0 Å². The van der Waals surface area contributed by atoms with Crippen molar-refractivity contribution in [1.29, 1.82) is 0 Å². The first-order valence-corrected chi connectivity index (χ1v) is 9.69. The number of anilines is 1. The molecule has 1 N–H and O–H groups in total. The molecule has 0 spiro atoms. The van der Waals surface area contributed by atoms with Crippen LogP contribution in [0.4, 0.5) is 5.13 Å². The van der Waals surface area contributed by atoms with Gasteiger partial charge in [-0.1, -0.05) is 48.4 Å². The van der Waals surface area contributed by atoms with Crippen LogP contribution in [0, 0.1) is 6.92 Å². The third kappa shape index (κ3) is 4.29. The molecule has 3 aromatic rings. The molecule has 0 fully saturated rings. The average molecular weight is 409 g/mol. The fraction of sp³-hybridized carbons (Fsp3) is 0.263. The van der Waals surface area contributed by atoms with Crippen LogP contribution >= 0.6 is 34.5 Å². The maximum Gasteiger partial charge on any atom is 0.264 e. The van der Waals surface area contributed by atoms with Crippen molar-refractivity contribution in [3.8, 4) is 5.75 Å².